The summed E-state index contributed by atoms with van der Waals surface area (Å²) in [5.74, 6) is 0. The zero-order chi connectivity index (χ0) is 8.69. The summed E-state index contributed by atoms with van der Waals surface area (Å²) in [5.41, 5.74) is 0. The van der Waals surface area contributed by atoms with Crippen molar-refractivity contribution in [1.29, 1.82) is 0 Å². The lowest BCUT2D eigenvalue weighted by molar-refractivity contribution is -0.0240. The molecule has 2 nitrogen and oxygen atoms in total. The molecule has 0 radical (unpaired) electrons. The van der Waals surface area contributed by atoms with Crippen LogP contribution in [0.15, 0.2) is 12.2 Å². The average molecular weight is 158 g/mol. The smallest absolute Gasteiger partial charge is 0.0864 e. The van der Waals surface area contributed by atoms with Crippen LogP contribution in [0.5, 0.6) is 0 Å². The maximum Gasteiger partial charge on any atom is 0.0864 e. The molecule has 0 bridgehead atoms. The Morgan fingerprint density at radius 3 is 2.27 bits per heavy atom. The van der Waals surface area contributed by atoms with Crippen molar-refractivity contribution in [3.05, 3.63) is 12.2 Å². The van der Waals surface area contributed by atoms with Gasteiger partial charge in [-0.25, -0.2) is 0 Å². The molecule has 0 aliphatic carbocycles. The van der Waals surface area contributed by atoms with Crippen molar-refractivity contribution in [3.63, 3.8) is 0 Å². The Bertz CT molecular complexity index is 110. The Hall–Kier alpha value is -0.340. The summed E-state index contributed by atoms with van der Waals surface area (Å²) in [7, 11) is 3.41. The SMILES string of the molecule is CC=CCC(OC)C(C)OC. The fourth-order valence-corrected chi connectivity index (χ4v) is 0.901. The van der Waals surface area contributed by atoms with Gasteiger partial charge in [0, 0.05) is 14.2 Å². The lowest BCUT2D eigenvalue weighted by Gasteiger charge is -2.19. The van der Waals surface area contributed by atoms with Crippen LogP contribution in [-0.2, 0) is 9.47 Å². The third kappa shape index (κ3) is 4.17. The molecule has 0 rings (SSSR count). The van der Waals surface area contributed by atoms with Gasteiger partial charge in [0.05, 0.1) is 12.2 Å². The molecule has 0 aromatic rings. The molecule has 0 N–H and O–H groups in total. The summed E-state index contributed by atoms with van der Waals surface area (Å²) >= 11 is 0. The maximum atomic E-state index is 5.23. The van der Waals surface area contributed by atoms with E-state index in [0.717, 1.165) is 6.42 Å². The molecule has 0 saturated carbocycles. The van der Waals surface area contributed by atoms with Gasteiger partial charge in [0.2, 0.25) is 0 Å². The highest BCUT2D eigenvalue weighted by Gasteiger charge is 2.13. The molecule has 0 spiro atoms. The Kier molecular flexibility index (Phi) is 6.18. The van der Waals surface area contributed by atoms with Gasteiger partial charge in [0.15, 0.2) is 0 Å². The van der Waals surface area contributed by atoms with Crippen molar-refractivity contribution in [3.8, 4) is 0 Å². The molecular weight excluding hydrogens is 140 g/mol. The molecule has 0 heterocycles. The van der Waals surface area contributed by atoms with E-state index < -0.39 is 0 Å². The molecule has 2 unspecified atom stereocenters. The summed E-state index contributed by atoms with van der Waals surface area (Å²) in [5, 5.41) is 0. The van der Waals surface area contributed by atoms with Crippen molar-refractivity contribution in [1.82, 2.24) is 0 Å². The lowest BCUT2D eigenvalue weighted by atomic mass is 10.1. The quantitative estimate of drug-likeness (QED) is 0.570. The van der Waals surface area contributed by atoms with E-state index in [4.69, 9.17) is 9.47 Å². The number of ether oxygens (including phenoxy) is 2. The first-order valence-corrected chi connectivity index (χ1v) is 3.93. The van der Waals surface area contributed by atoms with Crippen molar-refractivity contribution >= 4 is 0 Å². The zero-order valence-corrected chi connectivity index (χ0v) is 7.83. The van der Waals surface area contributed by atoms with E-state index in [1.807, 2.05) is 19.9 Å². The molecule has 0 aromatic carbocycles. The van der Waals surface area contributed by atoms with Crippen molar-refractivity contribution in [2.45, 2.75) is 32.5 Å². The van der Waals surface area contributed by atoms with Crippen LogP contribution < -0.4 is 0 Å². The lowest BCUT2D eigenvalue weighted by Crippen LogP contribution is -2.26. The van der Waals surface area contributed by atoms with Gasteiger partial charge in [-0.15, -0.1) is 0 Å². The molecule has 0 aliphatic rings. The zero-order valence-electron chi connectivity index (χ0n) is 7.83. The van der Waals surface area contributed by atoms with E-state index >= 15 is 0 Å². The Morgan fingerprint density at radius 2 is 1.91 bits per heavy atom. The van der Waals surface area contributed by atoms with Gasteiger partial charge < -0.3 is 9.47 Å². The van der Waals surface area contributed by atoms with E-state index in [9.17, 15) is 0 Å². The van der Waals surface area contributed by atoms with Gasteiger partial charge in [-0.1, -0.05) is 12.2 Å². The second-order valence-electron chi connectivity index (χ2n) is 2.52. The molecule has 0 aliphatic heterocycles. The Morgan fingerprint density at radius 1 is 1.27 bits per heavy atom. The Labute approximate surface area is 69.2 Å². The van der Waals surface area contributed by atoms with Crippen LogP contribution in [0.3, 0.4) is 0 Å². The van der Waals surface area contributed by atoms with E-state index in [-0.39, 0.29) is 12.2 Å². The van der Waals surface area contributed by atoms with E-state index in [1.165, 1.54) is 0 Å². The Balaban J connectivity index is 3.74. The first-order chi connectivity index (χ1) is 5.26. The fraction of sp³-hybridized carbons (Fsp3) is 0.778. The van der Waals surface area contributed by atoms with E-state index in [0.29, 0.717) is 0 Å². The molecule has 0 amide bonds. The third-order valence-corrected chi connectivity index (χ3v) is 1.80. The second kappa shape index (κ2) is 6.38. The minimum Gasteiger partial charge on any atom is -0.379 e. The molecular formula is C9H18O2. The molecule has 0 fully saturated rings. The van der Waals surface area contributed by atoms with Crippen molar-refractivity contribution in [2.75, 3.05) is 14.2 Å². The number of allylic oxidation sites excluding steroid dienone is 1. The highest BCUT2D eigenvalue weighted by molar-refractivity contribution is 4.83. The maximum absolute atomic E-state index is 5.23. The summed E-state index contributed by atoms with van der Waals surface area (Å²) in [4.78, 5) is 0. The summed E-state index contributed by atoms with van der Waals surface area (Å²) in [6.45, 7) is 4.02. The largest absolute Gasteiger partial charge is 0.379 e. The molecule has 66 valence electrons. The average Bonchev–Trinajstić information content (AvgIpc) is 2.05. The minimum absolute atomic E-state index is 0.163. The number of hydrogen-bond acceptors (Lipinski definition) is 2. The van der Waals surface area contributed by atoms with Gasteiger partial charge in [0.1, 0.15) is 0 Å². The first-order valence-electron chi connectivity index (χ1n) is 3.93. The highest BCUT2D eigenvalue weighted by atomic mass is 16.5. The van der Waals surface area contributed by atoms with E-state index in [1.54, 1.807) is 14.2 Å². The fourth-order valence-electron chi connectivity index (χ4n) is 0.901. The molecule has 2 heteroatoms. The van der Waals surface area contributed by atoms with E-state index in [2.05, 4.69) is 6.08 Å². The van der Waals surface area contributed by atoms with Crippen LogP contribution in [0, 0.1) is 0 Å². The highest BCUT2D eigenvalue weighted by Crippen LogP contribution is 2.06. The van der Waals surface area contributed by atoms with Crippen LogP contribution in [0.1, 0.15) is 20.3 Å². The predicted molar refractivity (Wildman–Crippen MR) is 46.7 cm³/mol. The van der Waals surface area contributed by atoms with Gasteiger partial charge in [-0.2, -0.15) is 0 Å². The van der Waals surface area contributed by atoms with Crippen molar-refractivity contribution < 1.29 is 9.47 Å². The van der Waals surface area contributed by atoms with Crippen LogP contribution >= 0.6 is 0 Å². The second-order valence-corrected chi connectivity index (χ2v) is 2.52. The molecule has 0 saturated heterocycles. The summed E-state index contributed by atoms with van der Waals surface area (Å²) in [6, 6.07) is 0. The summed E-state index contributed by atoms with van der Waals surface area (Å²) in [6.07, 6.45) is 5.37. The van der Waals surface area contributed by atoms with Crippen LogP contribution in [-0.4, -0.2) is 26.4 Å². The van der Waals surface area contributed by atoms with Gasteiger partial charge >= 0.3 is 0 Å². The topological polar surface area (TPSA) is 18.5 Å². The number of rotatable bonds is 5. The van der Waals surface area contributed by atoms with Crippen LogP contribution in [0.2, 0.25) is 0 Å². The standard InChI is InChI=1S/C9H18O2/c1-5-6-7-9(11-4)8(2)10-3/h5-6,8-9H,7H2,1-4H3. The number of methoxy groups -OCH3 is 2. The number of hydrogen-bond donors (Lipinski definition) is 0. The van der Waals surface area contributed by atoms with Gasteiger partial charge in [-0.05, 0) is 20.3 Å². The minimum atomic E-state index is 0.163. The first kappa shape index (κ1) is 10.7. The van der Waals surface area contributed by atoms with Crippen molar-refractivity contribution in [2.24, 2.45) is 0 Å². The van der Waals surface area contributed by atoms with Crippen LogP contribution in [0.25, 0.3) is 0 Å². The third-order valence-electron chi connectivity index (χ3n) is 1.80. The normalized spacial score (nSPS) is 17.1. The monoisotopic (exact) mass is 158 g/mol. The van der Waals surface area contributed by atoms with Crippen LogP contribution in [0.4, 0.5) is 0 Å². The molecule has 0 aromatic heterocycles. The van der Waals surface area contributed by atoms with Gasteiger partial charge in [0.25, 0.3) is 0 Å². The summed E-state index contributed by atoms with van der Waals surface area (Å²) < 4.78 is 10.4. The molecule has 11 heavy (non-hydrogen) atoms. The van der Waals surface area contributed by atoms with Gasteiger partial charge in [-0.3, -0.25) is 0 Å². The predicted octanol–water partition coefficient (Wildman–Crippen LogP) is 2.00. The molecule has 2 atom stereocenters.